The van der Waals surface area contributed by atoms with E-state index in [4.69, 9.17) is 11.6 Å². The van der Waals surface area contributed by atoms with Gasteiger partial charge in [-0.1, -0.05) is 11.6 Å². The lowest BCUT2D eigenvalue weighted by molar-refractivity contribution is -0.137. The summed E-state index contributed by atoms with van der Waals surface area (Å²) in [6.07, 6.45) is -2.88. The van der Waals surface area contributed by atoms with Gasteiger partial charge in [-0.2, -0.15) is 13.2 Å². The van der Waals surface area contributed by atoms with Crippen LogP contribution < -0.4 is 5.32 Å². The van der Waals surface area contributed by atoms with E-state index in [0.29, 0.717) is 5.82 Å². The van der Waals surface area contributed by atoms with Crippen LogP contribution >= 0.6 is 27.5 Å². The Morgan fingerprint density at radius 1 is 1.16 bits per heavy atom. The molecule has 0 aliphatic carbocycles. The number of hydrogen-bond acceptors (Lipinski definition) is 2. The highest BCUT2D eigenvalue weighted by atomic mass is 79.9. The van der Waals surface area contributed by atoms with Crippen LogP contribution in [0.1, 0.15) is 5.56 Å². The van der Waals surface area contributed by atoms with Crippen LogP contribution in [-0.2, 0) is 6.18 Å². The Morgan fingerprint density at radius 2 is 1.89 bits per heavy atom. The second-order valence-electron chi connectivity index (χ2n) is 3.68. The average molecular weight is 352 g/mol. The molecule has 7 heteroatoms. The molecule has 1 N–H and O–H groups in total. The lowest BCUT2D eigenvalue weighted by atomic mass is 10.2. The molecule has 0 saturated heterocycles. The molecule has 0 aliphatic heterocycles. The van der Waals surface area contributed by atoms with E-state index in [-0.39, 0.29) is 10.7 Å². The zero-order valence-corrected chi connectivity index (χ0v) is 11.6. The van der Waals surface area contributed by atoms with Crippen LogP contribution in [0.15, 0.2) is 41.0 Å². The van der Waals surface area contributed by atoms with Gasteiger partial charge in [-0.05, 0) is 46.3 Å². The van der Waals surface area contributed by atoms with Crippen LogP contribution in [0.4, 0.5) is 24.7 Å². The molecule has 0 amide bonds. The number of aromatic nitrogens is 1. The number of pyridine rings is 1. The lowest BCUT2D eigenvalue weighted by Gasteiger charge is -2.11. The first-order valence-corrected chi connectivity index (χ1v) is 6.29. The van der Waals surface area contributed by atoms with E-state index in [1.807, 2.05) is 0 Å². The molecular weight excluding hydrogens is 344 g/mol. The highest BCUT2D eigenvalue weighted by molar-refractivity contribution is 9.10. The van der Waals surface area contributed by atoms with Crippen molar-refractivity contribution in [2.75, 3.05) is 5.32 Å². The van der Waals surface area contributed by atoms with Gasteiger partial charge in [-0.3, -0.25) is 0 Å². The molecule has 2 rings (SSSR count). The molecule has 0 bridgehead atoms. The number of benzene rings is 1. The van der Waals surface area contributed by atoms with Gasteiger partial charge >= 0.3 is 6.18 Å². The molecule has 0 spiro atoms. The molecule has 0 radical (unpaired) electrons. The summed E-state index contributed by atoms with van der Waals surface area (Å²) in [5, 5.41) is 2.94. The van der Waals surface area contributed by atoms with E-state index in [1.165, 1.54) is 12.3 Å². The summed E-state index contributed by atoms with van der Waals surface area (Å²) < 4.78 is 38.6. The van der Waals surface area contributed by atoms with Crippen molar-refractivity contribution in [1.29, 1.82) is 0 Å². The second-order valence-corrected chi connectivity index (χ2v) is 5.00. The summed E-state index contributed by atoms with van der Waals surface area (Å²) in [5.74, 6) is 0.407. The van der Waals surface area contributed by atoms with Gasteiger partial charge in [0.05, 0.1) is 16.3 Å². The van der Waals surface area contributed by atoms with Crippen LogP contribution in [0.25, 0.3) is 0 Å². The van der Waals surface area contributed by atoms with Crippen LogP contribution in [0.3, 0.4) is 0 Å². The molecule has 2 aromatic rings. The van der Waals surface area contributed by atoms with Gasteiger partial charge < -0.3 is 5.32 Å². The van der Waals surface area contributed by atoms with Crippen LogP contribution in [0.5, 0.6) is 0 Å². The van der Waals surface area contributed by atoms with Gasteiger partial charge in [0.1, 0.15) is 5.82 Å². The SMILES string of the molecule is FC(F)(F)c1ccc(Cl)c(Nc2ccc(Br)cn2)c1. The zero-order valence-electron chi connectivity index (χ0n) is 9.30. The van der Waals surface area contributed by atoms with Crippen molar-refractivity contribution in [2.45, 2.75) is 6.18 Å². The maximum absolute atomic E-state index is 12.6. The first-order valence-electron chi connectivity index (χ1n) is 5.11. The van der Waals surface area contributed by atoms with Gasteiger partial charge in [0.15, 0.2) is 0 Å². The minimum atomic E-state index is -4.41. The van der Waals surface area contributed by atoms with Crippen molar-refractivity contribution >= 4 is 39.0 Å². The third-order valence-electron chi connectivity index (χ3n) is 2.28. The first-order chi connectivity index (χ1) is 8.86. The van der Waals surface area contributed by atoms with E-state index in [0.717, 1.165) is 16.6 Å². The molecular formula is C12H7BrClF3N2. The predicted octanol–water partition coefficient (Wildman–Crippen LogP) is 5.26. The quantitative estimate of drug-likeness (QED) is 0.798. The number of alkyl halides is 3. The fraction of sp³-hybridized carbons (Fsp3) is 0.0833. The number of nitrogens with zero attached hydrogens (tertiary/aromatic N) is 1. The van der Waals surface area contributed by atoms with Gasteiger partial charge in [-0.15, -0.1) is 0 Å². The number of rotatable bonds is 2. The lowest BCUT2D eigenvalue weighted by Crippen LogP contribution is -2.05. The standard InChI is InChI=1S/C12H7BrClF3N2/c13-8-2-4-11(18-6-8)19-10-5-7(12(15,16)17)1-3-9(10)14/h1-6H,(H,18,19). The van der Waals surface area contributed by atoms with Crippen molar-refractivity contribution in [2.24, 2.45) is 0 Å². The Labute approximate surface area is 120 Å². The van der Waals surface area contributed by atoms with Gasteiger partial charge in [0, 0.05) is 10.7 Å². The van der Waals surface area contributed by atoms with Gasteiger partial charge in [0.2, 0.25) is 0 Å². The largest absolute Gasteiger partial charge is 0.416 e. The third kappa shape index (κ3) is 3.61. The summed E-state index contributed by atoms with van der Waals surface area (Å²) >= 11 is 9.08. The molecule has 2 nitrogen and oxygen atoms in total. The molecule has 0 unspecified atom stereocenters. The molecule has 19 heavy (non-hydrogen) atoms. The number of nitrogens with one attached hydrogen (secondary N) is 1. The number of anilines is 2. The molecule has 0 saturated carbocycles. The normalized spacial score (nSPS) is 11.4. The summed E-state index contributed by atoms with van der Waals surface area (Å²) in [6.45, 7) is 0. The maximum atomic E-state index is 12.6. The second kappa shape index (κ2) is 5.38. The average Bonchev–Trinajstić information content (AvgIpc) is 2.33. The van der Waals surface area contributed by atoms with E-state index in [1.54, 1.807) is 12.1 Å². The van der Waals surface area contributed by atoms with Crippen molar-refractivity contribution in [3.05, 3.63) is 51.6 Å². The van der Waals surface area contributed by atoms with Crippen LogP contribution in [0.2, 0.25) is 5.02 Å². The van der Waals surface area contributed by atoms with E-state index < -0.39 is 11.7 Å². The summed E-state index contributed by atoms with van der Waals surface area (Å²) in [7, 11) is 0. The number of halogens is 5. The summed E-state index contributed by atoms with van der Waals surface area (Å²) in [5.41, 5.74) is -0.608. The monoisotopic (exact) mass is 350 g/mol. The number of hydrogen-bond donors (Lipinski definition) is 1. The van der Waals surface area contributed by atoms with Crippen molar-refractivity contribution in [3.8, 4) is 0 Å². The summed E-state index contributed by atoms with van der Waals surface area (Å²) in [6, 6.07) is 6.43. The topological polar surface area (TPSA) is 24.9 Å². The Morgan fingerprint density at radius 3 is 2.47 bits per heavy atom. The van der Waals surface area contributed by atoms with Crippen LogP contribution in [0, 0.1) is 0 Å². The third-order valence-corrected chi connectivity index (χ3v) is 3.08. The summed E-state index contributed by atoms with van der Waals surface area (Å²) in [4.78, 5) is 4.01. The first kappa shape index (κ1) is 14.1. The van der Waals surface area contributed by atoms with Crippen molar-refractivity contribution in [1.82, 2.24) is 4.98 Å². The fourth-order valence-electron chi connectivity index (χ4n) is 1.39. The molecule has 1 aromatic heterocycles. The van der Waals surface area contributed by atoms with Gasteiger partial charge in [-0.25, -0.2) is 4.98 Å². The highest BCUT2D eigenvalue weighted by Gasteiger charge is 2.30. The Kier molecular flexibility index (Phi) is 4.01. The minimum Gasteiger partial charge on any atom is -0.339 e. The molecule has 0 aliphatic rings. The minimum absolute atomic E-state index is 0.159. The van der Waals surface area contributed by atoms with Crippen LogP contribution in [-0.4, -0.2) is 4.98 Å². The smallest absolute Gasteiger partial charge is 0.339 e. The highest BCUT2D eigenvalue weighted by Crippen LogP contribution is 2.34. The Balaban J connectivity index is 2.31. The Bertz CT molecular complexity index is 585. The molecule has 1 aromatic carbocycles. The molecule has 100 valence electrons. The molecule has 1 heterocycles. The zero-order chi connectivity index (χ0) is 14.0. The van der Waals surface area contributed by atoms with E-state index in [2.05, 4.69) is 26.2 Å². The van der Waals surface area contributed by atoms with Crippen molar-refractivity contribution in [3.63, 3.8) is 0 Å². The predicted molar refractivity (Wildman–Crippen MR) is 71.7 cm³/mol. The van der Waals surface area contributed by atoms with Crippen molar-refractivity contribution < 1.29 is 13.2 Å². The molecule has 0 fully saturated rings. The fourth-order valence-corrected chi connectivity index (χ4v) is 1.78. The molecule has 0 atom stereocenters. The van der Waals surface area contributed by atoms with E-state index >= 15 is 0 Å². The van der Waals surface area contributed by atoms with Gasteiger partial charge in [0.25, 0.3) is 0 Å². The Hall–Kier alpha value is -1.27. The van der Waals surface area contributed by atoms with E-state index in [9.17, 15) is 13.2 Å². The maximum Gasteiger partial charge on any atom is 0.416 e.